The van der Waals surface area contributed by atoms with Gasteiger partial charge in [0.2, 0.25) is 0 Å². The number of nitrogens with two attached hydrogens (primary N) is 1. The molecule has 0 saturated heterocycles. The molecule has 0 aromatic rings. The maximum atomic E-state index is 5.47. The maximum Gasteiger partial charge on any atom is 0.123 e. The Hall–Kier alpha value is -1.17. The molecule has 0 radical (unpaired) electrons. The van der Waals surface area contributed by atoms with E-state index in [0.717, 1.165) is 51.6 Å². The minimum Gasteiger partial charge on any atom is -0.354 e. The van der Waals surface area contributed by atoms with Crippen LogP contribution in [0.2, 0.25) is 0 Å². The first-order valence-corrected chi connectivity index (χ1v) is 13.1. The third kappa shape index (κ3) is 17.1. The van der Waals surface area contributed by atoms with Crippen molar-refractivity contribution in [3.8, 4) is 0 Å². The predicted molar refractivity (Wildman–Crippen MR) is 138 cm³/mol. The van der Waals surface area contributed by atoms with Gasteiger partial charge in [0.25, 0.3) is 0 Å². The molecule has 0 bridgehead atoms. The first-order chi connectivity index (χ1) is 15.4. The van der Waals surface area contributed by atoms with E-state index in [4.69, 9.17) is 5.73 Å². The van der Waals surface area contributed by atoms with Crippen LogP contribution in [0.25, 0.3) is 0 Å². The van der Waals surface area contributed by atoms with Crippen molar-refractivity contribution in [2.75, 3.05) is 52.4 Å². The van der Waals surface area contributed by atoms with E-state index in [1.54, 1.807) is 0 Å². The average molecular weight is 434 g/mol. The number of hydrogen-bond donors (Lipinski definition) is 3. The fourth-order valence-electron chi connectivity index (χ4n) is 3.87. The van der Waals surface area contributed by atoms with E-state index in [9.17, 15) is 0 Å². The van der Waals surface area contributed by atoms with Crippen LogP contribution in [0.15, 0.2) is 29.3 Å². The molecule has 0 amide bonds. The Labute approximate surface area is 193 Å². The summed E-state index contributed by atoms with van der Waals surface area (Å²) in [5.41, 5.74) is 5.47. The van der Waals surface area contributed by atoms with Crippen LogP contribution in [0.1, 0.15) is 84.0 Å². The van der Waals surface area contributed by atoms with Gasteiger partial charge in [0.15, 0.2) is 0 Å². The van der Waals surface area contributed by atoms with Crippen molar-refractivity contribution in [1.82, 2.24) is 15.5 Å². The minimum absolute atomic E-state index is 0.702. The average Bonchev–Trinajstić information content (AvgIpc) is 3.23. The number of amidine groups is 1. The van der Waals surface area contributed by atoms with Crippen LogP contribution >= 0.6 is 0 Å². The van der Waals surface area contributed by atoms with Crippen molar-refractivity contribution in [2.24, 2.45) is 10.7 Å². The molecule has 0 aromatic carbocycles. The highest BCUT2D eigenvalue weighted by atomic mass is 15.2. The second-order valence-corrected chi connectivity index (χ2v) is 8.63. The Morgan fingerprint density at radius 2 is 1.48 bits per heavy atom. The summed E-state index contributed by atoms with van der Waals surface area (Å²) < 4.78 is 0. The largest absolute Gasteiger partial charge is 0.354 e. The van der Waals surface area contributed by atoms with E-state index in [1.807, 2.05) is 0 Å². The lowest BCUT2D eigenvalue weighted by Gasteiger charge is -2.18. The smallest absolute Gasteiger partial charge is 0.123 e. The molecule has 5 heteroatoms. The molecule has 0 aliphatic carbocycles. The van der Waals surface area contributed by atoms with Crippen LogP contribution < -0.4 is 16.4 Å². The molecule has 1 heterocycles. The van der Waals surface area contributed by atoms with Crippen LogP contribution in [-0.2, 0) is 0 Å². The highest BCUT2D eigenvalue weighted by Crippen LogP contribution is 2.12. The highest BCUT2D eigenvalue weighted by molar-refractivity contribution is 5.94. The Morgan fingerprint density at radius 1 is 0.839 bits per heavy atom. The van der Waals surface area contributed by atoms with Crippen molar-refractivity contribution < 1.29 is 0 Å². The SMILES string of the molecule is CCCCCCCCCCCCCC=CC=CC1=NCCN1CCNCCNCCN. The number of nitrogens with zero attached hydrogens (tertiary/aromatic N) is 2. The topological polar surface area (TPSA) is 65.7 Å². The van der Waals surface area contributed by atoms with Gasteiger partial charge < -0.3 is 21.3 Å². The Morgan fingerprint density at radius 3 is 2.16 bits per heavy atom. The van der Waals surface area contributed by atoms with Gasteiger partial charge in [-0.1, -0.05) is 89.4 Å². The molecule has 0 fully saturated rings. The molecule has 0 spiro atoms. The predicted octanol–water partition coefficient (Wildman–Crippen LogP) is 4.65. The molecule has 0 aromatic heterocycles. The first kappa shape index (κ1) is 27.9. The molecule has 1 aliphatic heterocycles. The van der Waals surface area contributed by atoms with Gasteiger partial charge in [-0.05, 0) is 18.9 Å². The quantitative estimate of drug-likeness (QED) is 0.172. The zero-order valence-corrected chi connectivity index (χ0v) is 20.4. The van der Waals surface area contributed by atoms with Crippen molar-refractivity contribution in [2.45, 2.75) is 84.0 Å². The van der Waals surface area contributed by atoms with E-state index in [0.29, 0.717) is 6.54 Å². The van der Waals surface area contributed by atoms with Crippen LogP contribution in [0.5, 0.6) is 0 Å². The number of nitrogens with one attached hydrogen (secondary N) is 2. The molecule has 31 heavy (non-hydrogen) atoms. The zero-order valence-electron chi connectivity index (χ0n) is 20.4. The normalized spacial score (nSPS) is 14.4. The molecular formula is C26H51N5. The Kier molecular flexibility index (Phi) is 19.8. The third-order valence-corrected chi connectivity index (χ3v) is 5.79. The van der Waals surface area contributed by atoms with Gasteiger partial charge in [0, 0.05) is 45.8 Å². The standard InChI is InChI=1S/C26H51N5/c1-2-3-4-5-6-7-8-9-10-11-12-13-14-15-16-17-26-30-23-25-31(26)24-22-29-21-20-28-19-18-27/h14-17,28-29H,2-13,18-25,27H2,1H3. The van der Waals surface area contributed by atoms with Gasteiger partial charge in [0.05, 0.1) is 6.54 Å². The molecule has 1 aliphatic rings. The van der Waals surface area contributed by atoms with Crippen molar-refractivity contribution in [1.29, 1.82) is 0 Å². The lowest BCUT2D eigenvalue weighted by molar-refractivity contribution is 0.443. The molecule has 0 saturated carbocycles. The summed E-state index contributed by atoms with van der Waals surface area (Å²) in [6.07, 6.45) is 25.5. The number of hydrogen-bond acceptors (Lipinski definition) is 5. The Balaban J connectivity index is 1.95. The molecule has 0 atom stereocenters. The summed E-state index contributed by atoms with van der Waals surface area (Å²) in [5, 5.41) is 6.78. The number of rotatable bonds is 22. The molecule has 5 nitrogen and oxygen atoms in total. The van der Waals surface area contributed by atoms with E-state index < -0.39 is 0 Å². The molecule has 180 valence electrons. The second kappa shape index (κ2) is 22.0. The van der Waals surface area contributed by atoms with Crippen LogP contribution in [-0.4, -0.2) is 63.1 Å². The Bertz CT molecular complexity index is 472. The second-order valence-electron chi connectivity index (χ2n) is 8.63. The lowest BCUT2D eigenvalue weighted by Crippen LogP contribution is -2.37. The summed E-state index contributed by atoms with van der Waals surface area (Å²) >= 11 is 0. The fraction of sp³-hybridized carbons (Fsp3) is 0.808. The first-order valence-electron chi connectivity index (χ1n) is 13.1. The number of aliphatic imine (C=N–C) groups is 1. The summed E-state index contributed by atoms with van der Waals surface area (Å²) in [7, 11) is 0. The molecular weight excluding hydrogens is 382 g/mol. The summed E-state index contributed by atoms with van der Waals surface area (Å²) in [6.45, 7) is 9.80. The molecule has 1 rings (SSSR count). The van der Waals surface area contributed by atoms with Gasteiger partial charge in [-0.25, -0.2) is 0 Å². The fourth-order valence-corrected chi connectivity index (χ4v) is 3.87. The summed E-state index contributed by atoms with van der Waals surface area (Å²) in [5.74, 6) is 1.13. The van der Waals surface area contributed by atoms with Gasteiger partial charge in [0.1, 0.15) is 5.84 Å². The van der Waals surface area contributed by atoms with Gasteiger partial charge >= 0.3 is 0 Å². The molecule has 0 unspecified atom stereocenters. The third-order valence-electron chi connectivity index (χ3n) is 5.79. The minimum atomic E-state index is 0.702. The van der Waals surface area contributed by atoms with Gasteiger partial charge in [-0.15, -0.1) is 0 Å². The molecule has 4 N–H and O–H groups in total. The van der Waals surface area contributed by atoms with Crippen molar-refractivity contribution in [3.05, 3.63) is 24.3 Å². The lowest BCUT2D eigenvalue weighted by atomic mass is 10.1. The van der Waals surface area contributed by atoms with E-state index in [2.05, 4.69) is 51.8 Å². The van der Waals surface area contributed by atoms with E-state index >= 15 is 0 Å². The maximum absolute atomic E-state index is 5.47. The summed E-state index contributed by atoms with van der Waals surface area (Å²) in [6, 6.07) is 0. The van der Waals surface area contributed by atoms with Crippen LogP contribution in [0, 0.1) is 0 Å². The monoisotopic (exact) mass is 433 g/mol. The number of unbranched alkanes of at least 4 members (excludes halogenated alkanes) is 11. The van der Waals surface area contributed by atoms with Gasteiger partial charge in [-0.3, -0.25) is 4.99 Å². The zero-order chi connectivity index (χ0) is 22.2. The van der Waals surface area contributed by atoms with Crippen molar-refractivity contribution >= 4 is 5.84 Å². The number of allylic oxidation sites excluding steroid dienone is 3. The van der Waals surface area contributed by atoms with Crippen LogP contribution in [0.4, 0.5) is 0 Å². The highest BCUT2D eigenvalue weighted by Gasteiger charge is 2.12. The van der Waals surface area contributed by atoms with Gasteiger partial charge in [-0.2, -0.15) is 0 Å². The summed E-state index contributed by atoms with van der Waals surface area (Å²) in [4.78, 5) is 7.00. The van der Waals surface area contributed by atoms with Crippen molar-refractivity contribution in [3.63, 3.8) is 0 Å². The van der Waals surface area contributed by atoms with Crippen LogP contribution in [0.3, 0.4) is 0 Å². The van der Waals surface area contributed by atoms with E-state index in [-0.39, 0.29) is 0 Å². The van der Waals surface area contributed by atoms with E-state index in [1.165, 1.54) is 77.0 Å².